The maximum absolute atomic E-state index is 5.24. The number of ether oxygens (including phenoxy) is 2. The normalized spacial score (nSPS) is 10.1. The largest absolute Gasteiger partial charge is 0.496 e. The van der Waals surface area contributed by atoms with Gasteiger partial charge in [0, 0.05) is 24.5 Å². The molecular weight excluding hydrogens is 240 g/mol. The van der Waals surface area contributed by atoms with Gasteiger partial charge in [0.15, 0.2) is 0 Å². The minimum Gasteiger partial charge on any atom is -0.496 e. The molecule has 100 valence electrons. The molecular formula is C15H18N2O2. The maximum Gasteiger partial charge on any atom is 0.212 e. The molecule has 0 atom stereocenters. The number of anilines is 1. The van der Waals surface area contributed by atoms with Crippen LogP contribution in [0, 0.1) is 6.92 Å². The predicted molar refractivity (Wildman–Crippen MR) is 75.8 cm³/mol. The van der Waals surface area contributed by atoms with E-state index in [1.54, 1.807) is 14.2 Å². The predicted octanol–water partition coefficient (Wildman–Crippen LogP) is 3.02. The van der Waals surface area contributed by atoms with E-state index in [1.807, 2.05) is 37.4 Å². The van der Waals surface area contributed by atoms with Gasteiger partial charge >= 0.3 is 0 Å². The Bertz CT molecular complexity index is 538. The number of hydrogen-bond acceptors (Lipinski definition) is 4. The van der Waals surface area contributed by atoms with Crippen LogP contribution in [0.3, 0.4) is 0 Å². The number of aryl methyl sites for hydroxylation is 1. The van der Waals surface area contributed by atoms with Crippen molar-refractivity contribution < 1.29 is 9.47 Å². The van der Waals surface area contributed by atoms with E-state index in [1.165, 1.54) is 0 Å². The van der Waals surface area contributed by atoms with Crippen molar-refractivity contribution in [2.75, 3.05) is 19.5 Å². The summed E-state index contributed by atoms with van der Waals surface area (Å²) in [5, 5.41) is 3.35. The van der Waals surface area contributed by atoms with Crippen LogP contribution in [0.1, 0.15) is 11.1 Å². The third-order valence-electron chi connectivity index (χ3n) is 2.90. The first kappa shape index (κ1) is 13.2. The third kappa shape index (κ3) is 3.37. The number of nitrogens with zero attached hydrogens (tertiary/aromatic N) is 1. The molecule has 0 saturated heterocycles. The zero-order valence-corrected chi connectivity index (χ0v) is 11.4. The molecule has 0 unspecified atom stereocenters. The Kier molecular flexibility index (Phi) is 4.23. The van der Waals surface area contributed by atoms with E-state index in [9.17, 15) is 0 Å². The lowest BCUT2D eigenvalue weighted by Crippen LogP contribution is -2.00. The lowest BCUT2D eigenvalue weighted by Gasteiger charge is -2.10. The van der Waals surface area contributed by atoms with Crippen molar-refractivity contribution in [1.29, 1.82) is 0 Å². The Morgan fingerprint density at radius 1 is 1.11 bits per heavy atom. The molecule has 0 aliphatic carbocycles. The van der Waals surface area contributed by atoms with Crippen molar-refractivity contribution >= 4 is 5.69 Å². The van der Waals surface area contributed by atoms with E-state index in [2.05, 4.69) is 16.4 Å². The van der Waals surface area contributed by atoms with Crippen molar-refractivity contribution in [3.8, 4) is 11.6 Å². The minimum atomic E-state index is 0.629. The fourth-order valence-electron chi connectivity index (χ4n) is 1.83. The number of hydrogen-bond donors (Lipinski definition) is 1. The molecule has 1 N–H and O–H groups in total. The van der Waals surface area contributed by atoms with Crippen LogP contribution in [0.25, 0.3) is 0 Å². The molecule has 19 heavy (non-hydrogen) atoms. The molecule has 0 amide bonds. The fraction of sp³-hybridized carbons (Fsp3) is 0.267. The lowest BCUT2D eigenvalue weighted by atomic mass is 10.2. The van der Waals surface area contributed by atoms with Crippen LogP contribution in [0.4, 0.5) is 5.69 Å². The zero-order chi connectivity index (χ0) is 13.7. The van der Waals surface area contributed by atoms with Crippen molar-refractivity contribution in [3.05, 3.63) is 47.7 Å². The number of rotatable bonds is 5. The fourth-order valence-corrected chi connectivity index (χ4v) is 1.83. The van der Waals surface area contributed by atoms with Gasteiger partial charge < -0.3 is 14.8 Å². The highest BCUT2D eigenvalue weighted by Crippen LogP contribution is 2.21. The van der Waals surface area contributed by atoms with Crippen molar-refractivity contribution in [1.82, 2.24) is 4.98 Å². The van der Waals surface area contributed by atoms with Gasteiger partial charge in [0.2, 0.25) is 5.88 Å². The summed E-state index contributed by atoms with van der Waals surface area (Å²) in [6, 6.07) is 9.88. The van der Waals surface area contributed by atoms with Crippen LogP contribution in [0.2, 0.25) is 0 Å². The molecule has 0 spiro atoms. The SMILES string of the molecule is COc1ccc(CNc2ccc(OC)c(C)c2)cn1. The van der Waals surface area contributed by atoms with Crippen LogP contribution in [-0.4, -0.2) is 19.2 Å². The number of benzene rings is 1. The van der Waals surface area contributed by atoms with Gasteiger partial charge in [0.1, 0.15) is 5.75 Å². The van der Waals surface area contributed by atoms with Crippen LogP contribution < -0.4 is 14.8 Å². The molecule has 4 nitrogen and oxygen atoms in total. The summed E-state index contributed by atoms with van der Waals surface area (Å²) in [5.74, 6) is 1.53. The van der Waals surface area contributed by atoms with E-state index in [0.29, 0.717) is 5.88 Å². The van der Waals surface area contributed by atoms with E-state index in [0.717, 1.165) is 29.1 Å². The molecule has 2 rings (SSSR count). The molecule has 1 aromatic carbocycles. The summed E-state index contributed by atoms with van der Waals surface area (Å²) in [6.45, 7) is 2.75. The van der Waals surface area contributed by atoms with E-state index < -0.39 is 0 Å². The lowest BCUT2D eigenvalue weighted by molar-refractivity contribution is 0.397. The molecule has 0 bridgehead atoms. The summed E-state index contributed by atoms with van der Waals surface area (Å²) in [5.41, 5.74) is 3.28. The second kappa shape index (κ2) is 6.09. The van der Waals surface area contributed by atoms with Gasteiger partial charge in [-0.15, -0.1) is 0 Å². The topological polar surface area (TPSA) is 43.4 Å². The molecule has 0 radical (unpaired) electrons. The first-order valence-electron chi connectivity index (χ1n) is 6.10. The summed E-state index contributed by atoms with van der Waals surface area (Å²) in [7, 11) is 3.29. The first-order valence-corrected chi connectivity index (χ1v) is 6.10. The monoisotopic (exact) mass is 258 g/mol. The molecule has 1 aromatic heterocycles. The average Bonchev–Trinajstić information content (AvgIpc) is 2.46. The van der Waals surface area contributed by atoms with Gasteiger partial charge in [0.25, 0.3) is 0 Å². The summed E-state index contributed by atoms with van der Waals surface area (Å²) >= 11 is 0. The Balaban J connectivity index is 1.99. The zero-order valence-electron chi connectivity index (χ0n) is 11.4. The summed E-state index contributed by atoms with van der Waals surface area (Å²) in [6.07, 6.45) is 1.81. The Labute approximate surface area is 113 Å². The molecule has 2 aromatic rings. The highest BCUT2D eigenvalue weighted by atomic mass is 16.5. The quantitative estimate of drug-likeness (QED) is 0.895. The van der Waals surface area contributed by atoms with Crippen LogP contribution in [0.15, 0.2) is 36.5 Å². The Morgan fingerprint density at radius 3 is 2.53 bits per heavy atom. The Morgan fingerprint density at radius 2 is 1.95 bits per heavy atom. The van der Waals surface area contributed by atoms with Crippen LogP contribution >= 0.6 is 0 Å². The van der Waals surface area contributed by atoms with Gasteiger partial charge in [-0.3, -0.25) is 0 Å². The third-order valence-corrected chi connectivity index (χ3v) is 2.90. The van der Waals surface area contributed by atoms with Crippen molar-refractivity contribution in [2.45, 2.75) is 13.5 Å². The first-order chi connectivity index (χ1) is 9.22. The minimum absolute atomic E-state index is 0.629. The molecule has 1 heterocycles. The van der Waals surface area contributed by atoms with Gasteiger partial charge in [-0.1, -0.05) is 6.07 Å². The number of aromatic nitrogens is 1. The number of nitrogens with one attached hydrogen (secondary N) is 1. The van der Waals surface area contributed by atoms with Gasteiger partial charge in [-0.2, -0.15) is 0 Å². The van der Waals surface area contributed by atoms with Crippen LogP contribution in [0.5, 0.6) is 11.6 Å². The molecule has 0 aliphatic rings. The summed E-state index contributed by atoms with van der Waals surface area (Å²) < 4.78 is 10.3. The second-order valence-corrected chi connectivity index (χ2v) is 4.25. The van der Waals surface area contributed by atoms with Crippen molar-refractivity contribution in [2.24, 2.45) is 0 Å². The highest BCUT2D eigenvalue weighted by molar-refractivity contribution is 5.51. The van der Waals surface area contributed by atoms with E-state index >= 15 is 0 Å². The Hall–Kier alpha value is -2.23. The van der Waals surface area contributed by atoms with E-state index in [4.69, 9.17) is 9.47 Å². The molecule has 0 fully saturated rings. The highest BCUT2D eigenvalue weighted by Gasteiger charge is 2.00. The maximum atomic E-state index is 5.24. The molecule has 0 aliphatic heterocycles. The summed E-state index contributed by atoms with van der Waals surface area (Å²) in [4.78, 5) is 4.17. The smallest absolute Gasteiger partial charge is 0.212 e. The number of methoxy groups -OCH3 is 2. The molecule has 0 saturated carbocycles. The van der Waals surface area contributed by atoms with E-state index in [-0.39, 0.29) is 0 Å². The van der Waals surface area contributed by atoms with Crippen molar-refractivity contribution in [3.63, 3.8) is 0 Å². The van der Waals surface area contributed by atoms with Crippen LogP contribution in [-0.2, 0) is 6.54 Å². The standard InChI is InChI=1S/C15H18N2O2/c1-11-8-13(5-6-14(11)18-2)16-9-12-4-7-15(19-3)17-10-12/h4-8,10,16H,9H2,1-3H3. The molecule has 4 heteroatoms. The average molecular weight is 258 g/mol. The second-order valence-electron chi connectivity index (χ2n) is 4.25. The van der Waals surface area contributed by atoms with Gasteiger partial charge in [0.05, 0.1) is 14.2 Å². The van der Waals surface area contributed by atoms with Gasteiger partial charge in [-0.25, -0.2) is 4.98 Å². The van der Waals surface area contributed by atoms with Gasteiger partial charge in [-0.05, 0) is 36.2 Å². The number of pyridine rings is 1.